The Bertz CT molecular complexity index is 1610. The van der Waals surface area contributed by atoms with Crippen LogP contribution in [0.1, 0.15) is 52.2 Å². The second kappa shape index (κ2) is 11.1. The number of benzene rings is 3. The molecule has 5 rings (SSSR count). The number of nitrogens with zero attached hydrogens (tertiary/aromatic N) is 1. The van der Waals surface area contributed by atoms with Crippen LogP contribution in [-0.4, -0.2) is 38.9 Å². The van der Waals surface area contributed by atoms with Crippen molar-refractivity contribution in [1.82, 2.24) is 5.32 Å². The minimum absolute atomic E-state index is 0.0279. The summed E-state index contributed by atoms with van der Waals surface area (Å²) in [7, 11) is -0.659. The number of hydrogen-bond acceptors (Lipinski definition) is 5. The number of alkyl halides is 2. The fourth-order valence-corrected chi connectivity index (χ4v) is 5.34. The number of hydrogen-bond donors (Lipinski definition) is 4. The van der Waals surface area contributed by atoms with Crippen LogP contribution in [0.4, 0.5) is 18.9 Å². The Balaban J connectivity index is 1.63. The molecular formula is C27H24BF3N2O6S. The molecule has 4 aromatic rings. The van der Waals surface area contributed by atoms with E-state index in [9.17, 15) is 36.8 Å². The first-order chi connectivity index (χ1) is 19.1. The molecule has 1 atom stereocenters. The predicted octanol–water partition coefficient (Wildman–Crippen LogP) is 4.24. The van der Waals surface area contributed by atoms with Gasteiger partial charge in [-0.3, -0.25) is 13.7 Å². The van der Waals surface area contributed by atoms with Crippen molar-refractivity contribution in [3.05, 3.63) is 82.7 Å². The molecule has 13 heteroatoms. The number of nitrogens with one attached hydrogen (secondary N) is 1. The maximum Gasteiger partial charge on any atom is 0.488 e. The van der Waals surface area contributed by atoms with E-state index in [1.165, 1.54) is 37.4 Å². The summed E-state index contributed by atoms with van der Waals surface area (Å²) in [5.41, 5.74) is 1.35. The summed E-state index contributed by atoms with van der Waals surface area (Å²) in [4.78, 5) is 12.9. The molecule has 1 heterocycles. The second-order valence-electron chi connectivity index (χ2n) is 9.47. The third-order valence-corrected chi connectivity index (χ3v) is 7.62. The van der Waals surface area contributed by atoms with Crippen LogP contribution in [-0.2, 0) is 17.8 Å². The van der Waals surface area contributed by atoms with Crippen molar-refractivity contribution in [3.8, 4) is 11.3 Å². The van der Waals surface area contributed by atoms with Crippen LogP contribution in [0.25, 0.3) is 22.3 Å². The third-order valence-electron chi connectivity index (χ3n) is 6.90. The average molecular weight is 572 g/mol. The maximum absolute atomic E-state index is 13.7. The molecular weight excluding hydrogens is 548 g/mol. The highest BCUT2D eigenvalue weighted by Gasteiger charge is 2.31. The molecule has 40 heavy (non-hydrogen) atoms. The summed E-state index contributed by atoms with van der Waals surface area (Å²) < 4.78 is 70.5. The molecule has 4 N–H and O–H groups in total. The fraction of sp³-hybridized carbons (Fsp3) is 0.222. The number of fused-ring (bicyclic) bond motifs is 1. The van der Waals surface area contributed by atoms with E-state index in [0.717, 1.165) is 34.8 Å². The zero-order valence-electron chi connectivity index (χ0n) is 21.1. The summed E-state index contributed by atoms with van der Waals surface area (Å²) in [6, 6.07) is 12.2. The molecule has 0 spiro atoms. The Morgan fingerprint density at radius 1 is 1.15 bits per heavy atom. The standard InChI is InChI=1S/C27H24BF3N2O6S/c1-32-27(34)24-21-12-19(14-2-3-14)16(10-23(21)39-25(24)15-4-6-17(29)7-5-15)13-33(40(37)38)18-8-9-22(28(35)36)20(11-18)26(30)31/h4-12,14,26,35-36H,2-3,13H2,1H3,(H,32,34)(H,37,38). The van der Waals surface area contributed by atoms with Crippen LogP contribution in [0.15, 0.2) is 59.0 Å². The summed E-state index contributed by atoms with van der Waals surface area (Å²) in [6.07, 6.45) is -1.34. The minimum atomic E-state index is -3.06. The summed E-state index contributed by atoms with van der Waals surface area (Å²) in [6.45, 7) is -0.170. The molecule has 1 fully saturated rings. The molecule has 0 saturated heterocycles. The van der Waals surface area contributed by atoms with Crippen molar-refractivity contribution >= 4 is 46.4 Å². The number of amides is 1. The lowest BCUT2D eigenvalue weighted by Crippen LogP contribution is -2.34. The van der Waals surface area contributed by atoms with Crippen LogP contribution in [0.3, 0.4) is 0 Å². The van der Waals surface area contributed by atoms with Crippen LogP contribution in [0.2, 0.25) is 0 Å². The van der Waals surface area contributed by atoms with E-state index in [2.05, 4.69) is 5.32 Å². The molecule has 1 aromatic heterocycles. The van der Waals surface area contributed by atoms with Gasteiger partial charge in [0, 0.05) is 23.6 Å². The van der Waals surface area contributed by atoms with Gasteiger partial charge in [0.15, 0.2) is 0 Å². The van der Waals surface area contributed by atoms with E-state index >= 15 is 0 Å². The van der Waals surface area contributed by atoms with Gasteiger partial charge in [0.25, 0.3) is 23.6 Å². The first-order valence-electron chi connectivity index (χ1n) is 12.3. The van der Waals surface area contributed by atoms with E-state index in [-0.39, 0.29) is 29.5 Å². The van der Waals surface area contributed by atoms with Gasteiger partial charge in [-0.2, -0.15) is 0 Å². The van der Waals surface area contributed by atoms with E-state index in [0.29, 0.717) is 22.1 Å². The zero-order valence-corrected chi connectivity index (χ0v) is 21.9. The lowest BCUT2D eigenvalue weighted by Gasteiger charge is -2.23. The molecule has 208 valence electrons. The number of halogens is 3. The molecule has 0 aliphatic heterocycles. The van der Waals surface area contributed by atoms with Crippen molar-refractivity contribution in [2.75, 3.05) is 11.4 Å². The van der Waals surface area contributed by atoms with Gasteiger partial charge in [-0.15, -0.1) is 0 Å². The molecule has 0 radical (unpaired) electrons. The van der Waals surface area contributed by atoms with E-state index < -0.39 is 47.6 Å². The van der Waals surface area contributed by atoms with Gasteiger partial charge in [0.2, 0.25) is 0 Å². The monoisotopic (exact) mass is 572 g/mol. The molecule has 8 nitrogen and oxygen atoms in total. The Labute approximate surface area is 230 Å². The van der Waals surface area contributed by atoms with E-state index in [4.69, 9.17) is 4.42 Å². The molecule has 1 aliphatic rings. The predicted molar refractivity (Wildman–Crippen MR) is 145 cm³/mol. The number of carbonyl (C=O) groups excluding carboxylic acids is 1. The molecule has 1 saturated carbocycles. The largest absolute Gasteiger partial charge is 0.488 e. The number of furan rings is 1. The molecule has 1 unspecified atom stereocenters. The van der Waals surface area contributed by atoms with Gasteiger partial charge in [-0.1, -0.05) is 6.07 Å². The van der Waals surface area contributed by atoms with Gasteiger partial charge < -0.3 is 19.8 Å². The van der Waals surface area contributed by atoms with Gasteiger partial charge in [-0.05, 0) is 83.9 Å². The fourth-order valence-electron chi connectivity index (χ4n) is 4.80. The van der Waals surface area contributed by atoms with Crippen molar-refractivity contribution in [1.29, 1.82) is 0 Å². The zero-order chi connectivity index (χ0) is 28.7. The van der Waals surface area contributed by atoms with Crippen molar-refractivity contribution < 1.29 is 41.2 Å². The number of carbonyl (C=O) groups is 1. The van der Waals surface area contributed by atoms with E-state index in [1.54, 1.807) is 12.1 Å². The van der Waals surface area contributed by atoms with Crippen molar-refractivity contribution in [3.63, 3.8) is 0 Å². The lowest BCUT2D eigenvalue weighted by molar-refractivity contribution is 0.0964. The molecule has 0 bridgehead atoms. The van der Waals surface area contributed by atoms with Crippen LogP contribution < -0.4 is 15.1 Å². The highest BCUT2D eigenvalue weighted by atomic mass is 32.2. The van der Waals surface area contributed by atoms with Gasteiger partial charge >= 0.3 is 7.12 Å². The van der Waals surface area contributed by atoms with Crippen molar-refractivity contribution in [2.24, 2.45) is 0 Å². The van der Waals surface area contributed by atoms with Crippen LogP contribution in [0, 0.1) is 5.82 Å². The average Bonchev–Trinajstić information content (AvgIpc) is 3.71. The van der Waals surface area contributed by atoms with Crippen LogP contribution >= 0.6 is 0 Å². The number of rotatable bonds is 9. The highest BCUT2D eigenvalue weighted by Crippen LogP contribution is 2.45. The first kappa shape index (κ1) is 27.9. The quantitative estimate of drug-likeness (QED) is 0.176. The molecule has 3 aromatic carbocycles. The second-order valence-corrected chi connectivity index (χ2v) is 10.4. The van der Waals surface area contributed by atoms with Gasteiger partial charge in [0.1, 0.15) is 17.2 Å². The van der Waals surface area contributed by atoms with Gasteiger partial charge in [0.05, 0.1) is 17.8 Å². The summed E-state index contributed by atoms with van der Waals surface area (Å²) in [5, 5.41) is 22.0. The maximum atomic E-state index is 13.7. The summed E-state index contributed by atoms with van der Waals surface area (Å²) >= 11 is -2.64. The first-order valence-corrected chi connectivity index (χ1v) is 13.4. The molecule has 1 aliphatic carbocycles. The van der Waals surface area contributed by atoms with Crippen molar-refractivity contribution in [2.45, 2.75) is 31.7 Å². The normalized spacial score (nSPS) is 14.0. The summed E-state index contributed by atoms with van der Waals surface area (Å²) in [5.74, 6) is -0.501. The smallest absolute Gasteiger partial charge is 0.455 e. The Morgan fingerprint density at radius 2 is 1.85 bits per heavy atom. The third kappa shape index (κ3) is 5.37. The Hall–Kier alpha value is -3.65. The lowest BCUT2D eigenvalue weighted by atomic mass is 9.77. The number of anilines is 1. The highest BCUT2D eigenvalue weighted by molar-refractivity contribution is 7.80. The SMILES string of the molecule is CNC(=O)c1c(-c2ccc(F)cc2)oc2cc(CN(c3ccc(B(O)O)c(C(F)F)c3)S(=O)O)c(C3CC3)cc12. The molecule has 1 amide bonds. The van der Waals surface area contributed by atoms with Crippen LogP contribution in [0.5, 0.6) is 0 Å². The van der Waals surface area contributed by atoms with E-state index in [1.807, 2.05) is 0 Å². The topological polar surface area (TPSA) is 123 Å². The van der Waals surface area contributed by atoms with Gasteiger partial charge in [-0.25, -0.2) is 17.4 Å². The Morgan fingerprint density at radius 3 is 2.42 bits per heavy atom. The minimum Gasteiger partial charge on any atom is -0.455 e. The Kier molecular flexibility index (Phi) is 7.73.